The molecule has 1 aliphatic heterocycles. The van der Waals surface area contributed by atoms with E-state index in [1.54, 1.807) is 11.3 Å². The topological polar surface area (TPSA) is 76.9 Å². The van der Waals surface area contributed by atoms with Crippen LogP contribution < -0.4 is 15.5 Å². The van der Waals surface area contributed by atoms with E-state index in [9.17, 15) is 5.26 Å². The van der Waals surface area contributed by atoms with Crippen LogP contribution >= 0.6 is 23.7 Å². The van der Waals surface area contributed by atoms with Gasteiger partial charge in [0.2, 0.25) is 0 Å². The summed E-state index contributed by atoms with van der Waals surface area (Å²) in [4.78, 5) is 12.3. The molecule has 0 bridgehead atoms. The van der Waals surface area contributed by atoms with Crippen molar-refractivity contribution in [2.24, 2.45) is 0 Å². The number of hydrogen-bond donors (Lipinski definition) is 2. The molecular formula is C22H25ClN6S. The SMILES string of the molecule is Cl.N#Cc1sc2cnc(Nc3ccc(N4CCNCC4)cn3)cc2c1C1CCCC1. The van der Waals surface area contributed by atoms with Crippen LogP contribution in [0.3, 0.4) is 0 Å². The highest BCUT2D eigenvalue weighted by Gasteiger charge is 2.24. The summed E-state index contributed by atoms with van der Waals surface area (Å²) in [6.07, 6.45) is 8.69. The molecular weight excluding hydrogens is 416 g/mol. The fourth-order valence-electron chi connectivity index (χ4n) is 4.49. The highest BCUT2D eigenvalue weighted by molar-refractivity contribution is 7.19. The Bertz CT molecular complexity index is 1050. The van der Waals surface area contributed by atoms with Gasteiger partial charge in [-0.25, -0.2) is 9.97 Å². The maximum absolute atomic E-state index is 9.62. The predicted octanol–water partition coefficient (Wildman–Crippen LogP) is 4.80. The Morgan fingerprint density at radius 1 is 1.10 bits per heavy atom. The summed E-state index contributed by atoms with van der Waals surface area (Å²) in [5.41, 5.74) is 2.39. The Balaban J connectivity index is 0.00000218. The molecule has 2 aliphatic rings. The summed E-state index contributed by atoms with van der Waals surface area (Å²) >= 11 is 1.57. The van der Waals surface area contributed by atoms with Crippen LogP contribution in [0.4, 0.5) is 17.3 Å². The first-order chi connectivity index (χ1) is 14.3. The summed E-state index contributed by atoms with van der Waals surface area (Å²) < 4.78 is 1.09. The Morgan fingerprint density at radius 3 is 2.57 bits per heavy atom. The fourth-order valence-corrected chi connectivity index (χ4v) is 5.53. The standard InChI is InChI=1S/C22H24N6S.ClH/c23-12-18-22(15-3-1-2-4-15)17-11-21(26-14-19(17)29-18)27-20-6-5-16(13-25-20)28-9-7-24-8-10-28;/h5-6,11,13-15,24H,1-4,7-10H2,(H,25,26,27);1H. The second kappa shape index (κ2) is 9.17. The van der Waals surface area contributed by atoms with Gasteiger partial charge in [-0.05, 0) is 42.5 Å². The molecule has 0 spiro atoms. The Morgan fingerprint density at radius 2 is 1.87 bits per heavy atom. The van der Waals surface area contributed by atoms with E-state index in [4.69, 9.17) is 0 Å². The van der Waals surface area contributed by atoms with Gasteiger partial charge in [-0.3, -0.25) is 0 Å². The number of pyridine rings is 2. The third-order valence-corrected chi connectivity index (χ3v) is 7.03. The van der Waals surface area contributed by atoms with E-state index in [0.29, 0.717) is 5.92 Å². The van der Waals surface area contributed by atoms with Crippen molar-refractivity contribution in [3.8, 4) is 6.07 Å². The van der Waals surface area contributed by atoms with Crippen LogP contribution in [0.25, 0.3) is 10.1 Å². The van der Waals surface area contributed by atoms with Gasteiger partial charge in [-0.15, -0.1) is 23.7 Å². The van der Waals surface area contributed by atoms with E-state index in [1.807, 2.05) is 18.5 Å². The largest absolute Gasteiger partial charge is 0.368 e. The molecule has 3 aromatic heterocycles. The zero-order valence-corrected chi connectivity index (χ0v) is 18.4. The minimum Gasteiger partial charge on any atom is -0.368 e. The number of anilines is 3. The highest BCUT2D eigenvalue weighted by atomic mass is 35.5. The van der Waals surface area contributed by atoms with Crippen LogP contribution in [0, 0.1) is 11.3 Å². The molecule has 6 nitrogen and oxygen atoms in total. The molecule has 0 atom stereocenters. The summed E-state index contributed by atoms with van der Waals surface area (Å²) in [6.45, 7) is 4.04. The second-order valence-corrected chi connectivity index (χ2v) is 8.82. The number of nitrogens with zero attached hydrogens (tertiary/aromatic N) is 4. The number of thiophene rings is 1. The maximum atomic E-state index is 9.62. The van der Waals surface area contributed by atoms with Crippen LogP contribution in [0.15, 0.2) is 30.6 Å². The van der Waals surface area contributed by atoms with Crippen LogP contribution in [0.2, 0.25) is 0 Å². The molecule has 0 unspecified atom stereocenters. The summed E-state index contributed by atoms with van der Waals surface area (Å²) in [7, 11) is 0. The monoisotopic (exact) mass is 440 g/mol. The molecule has 1 saturated heterocycles. The molecule has 2 fully saturated rings. The third kappa shape index (κ3) is 4.08. The molecule has 8 heteroatoms. The van der Waals surface area contributed by atoms with Crippen molar-refractivity contribution in [2.75, 3.05) is 36.4 Å². The van der Waals surface area contributed by atoms with Crippen molar-refractivity contribution in [1.29, 1.82) is 5.26 Å². The second-order valence-electron chi connectivity index (χ2n) is 7.77. The first-order valence-electron chi connectivity index (χ1n) is 10.3. The molecule has 1 aliphatic carbocycles. The molecule has 5 rings (SSSR count). The van der Waals surface area contributed by atoms with Crippen LogP contribution in [-0.4, -0.2) is 36.1 Å². The van der Waals surface area contributed by atoms with E-state index >= 15 is 0 Å². The number of fused-ring (bicyclic) bond motifs is 1. The molecule has 1 saturated carbocycles. The first kappa shape index (κ1) is 20.9. The molecule has 0 radical (unpaired) electrons. The van der Waals surface area contributed by atoms with E-state index < -0.39 is 0 Å². The van der Waals surface area contributed by atoms with E-state index in [-0.39, 0.29) is 12.4 Å². The van der Waals surface area contributed by atoms with Gasteiger partial charge in [-0.2, -0.15) is 5.26 Å². The lowest BCUT2D eigenvalue weighted by atomic mass is 9.95. The van der Waals surface area contributed by atoms with Crippen LogP contribution in [-0.2, 0) is 0 Å². The quantitative estimate of drug-likeness (QED) is 0.607. The molecule has 2 N–H and O–H groups in total. The molecule has 4 heterocycles. The molecule has 0 aromatic carbocycles. The number of nitrogens with one attached hydrogen (secondary N) is 2. The lowest BCUT2D eigenvalue weighted by Gasteiger charge is -2.29. The van der Waals surface area contributed by atoms with E-state index in [0.717, 1.165) is 53.1 Å². The average molecular weight is 441 g/mol. The molecule has 0 amide bonds. The fraction of sp³-hybridized carbons (Fsp3) is 0.409. The Labute approximate surface area is 186 Å². The number of piperazine rings is 1. The van der Waals surface area contributed by atoms with Crippen molar-refractivity contribution in [2.45, 2.75) is 31.6 Å². The smallest absolute Gasteiger partial charge is 0.132 e. The van der Waals surface area contributed by atoms with Gasteiger partial charge in [0, 0.05) is 37.8 Å². The number of aromatic nitrogens is 2. The summed E-state index contributed by atoms with van der Waals surface area (Å²) in [5, 5.41) is 17.5. The number of halogens is 1. The van der Waals surface area contributed by atoms with Crippen molar-refractivity contribution in [3.63, 3.8) is 0 Å². The first-order valence-corrected chi connectivity index (χ1v) is 11.1. The maximum Gasteiger partial charge on any atom is 0.132 e. The number of nitriles is 1. The lowest BCUT2D eigenvalue weighted by molar-refractivity contribution is 0.589. The zero-order valence-electron chi connectivity index (χ0n) is 16.7. The normalized spacial score (nSPS) is 17.0. The molecule has 3 aromatic rings. The Kier molecular flexibility index (Phi) is 6.38. The van der Waals surface area contributed by atoms with Gasteiger partial charge in [-0.1, -0.05) is 12.8 Å². The van der Waals surface area contributed by atoms with Crippen molar-refractivity contribution in [1.82, 2.24) is 15.3 Å². The van der Waals surface area contributed by atoms with Gasteiger partial charge in [0.15, 0.2) is 0 Å². The minimum atomic E-state index is 0. The van der Waals surface area contributed by atoms with E-state index in [1.165, 1.54) is 36.6 Å². The average Bonchev–Trinajstić information content (AvgIpc) is 3.42. The summed E-state index contributed by atoms with van der Waals surface area (Å²) in [5.74, 6) is 2.07. The van der Waals surface area contributed by atoms with Gasteiger partial charge in [0.25, 0.3) is 0 Å². The zero-order chi connectivity index (χ0) is 19.6. The van der Waals surface area contributed by atoms with Crippen LogP contribution in [0.5, 0.6) is 0 Å². The molecule has 30 heavy (non-hydrogen) atoms. The lowest BCUT2D eigenvalue weighted by Crippen LogP contribution is -2.43. The van der Waals surface area contributed by atoms with Crippen molar-refractivity contribution >= 4 is 51.2 Å². The minimum absolute atomic E-state index is 0. The van der Waals surface area contributed by atoms with Crippen LogP contribution in [0.1, 0.15) is 42.0 Å². The Hall–Kier alpha value is -2.40. The van der Waals surface area contributed by atoms with Gasteiger partial charge in [0.05, 0.1) is 16.6 Å². The van der Waals surface area contributed by atoms with Crippen molar-refractivity contribution < 1.29 is 0 Å². The number of rotatable bonds is 4. The predicted molar refractivity (Wildman–Crippen MR) is 125 cm³/mol. The van der Waals surface area contributed by atoms with Gasteiger partial charge in [0.1, 0.15) is 22.6 Å². The third-order valence-electron chi connectivity index (χ3n) is 5.97. The van der Waals surface area contributed by atoms with Crippen molar-refractivity contribution in [3.05, 3.63) is 41.0 Å². The number of hydrogen-bond acceptors (Lipinski definition) is 7. The van der Waals surface area contributed by atoms with Gasteiger partial charge < -0.3 is 15.5 Å². The van der Waals surface area contributed by atoms with E-state index in [2.05, 4.69) is 43.7 Å². The molecule has 156 valence electrons. The summed E-state index contributed by atoms with van der Waals surface area (Å²) in [6, 6.07) is 8.63. The highest BCUT2D eigenvalue weighted by Crippen LogP contribution is 2.43. The van der Waals surface area contributed by atoms with Gasteiger partial charge >= 0.3 is 0 Å².